The lowest BCUT2D eigenvalue weighted by atomic mass is 10.1. The second-order valence-corrected chi connectivity index (χ2v) is 7.05. The number of rotatable bonds is 3. The Hall–Kier alpha value is -2.57. The van der Waals surface area contributed by atoms with Crippen LogP contribution in [-0.2, 0) is 0 Å². The van der Waals surface area contributed by atoms with E-state index in [2.05, 4.69) is 10.9 Å². The highest BCUT2D eigenvalue weighted by molar-refractivity contribution is 7.15. The van der Waals surface area contributed by atoms with Crippen molar-refractivity contribution in [1.82, 2.24) is 15.4 Å². The van der Waals surface area contributed by atoms with Crippen LogP contribution in [0.3, 0.4) is 0 Å². The number of halogens is 1. The van der Waals surface area contributed by atoms with Crippen LogP contribution in [-0.4, -0.2) is 16.4 Å². The third-order valence-electron chi connectivity index (χ3n) is 3.84. The second-order valence-electron chi connectivity index (χ2n) is 5.44. The van der Waals surface area contributed by atoms with E-state index >= 15 is 0 Å². The van der Waals surface area contributed by atoms with Gasteiger partial charge < -0.3 is 4.57 Å². The van der Waals surface area contributed by atoms with Crippen LogP contribution in [0.2, 0.25) is 5.02 Å². The summed E-state index contributed by atoms with van der Waals surface area (Å²) in [6.07, 6.45) is 3.76. The van der Waals surface area contributed by atoms with Crippen LogP contribution in [0.4, 0.5) is 0 Å². The normalized spacial score (nSPS) is 10.5. The Bertz CT molecular complexity index is 932. The number of aryl methyl sites for hydroxylation is 1. The number of benzene rings is 1. The smallest absolute Gasteiger partial charge is 0.272 e. The van der Waals surface area contributed by atoms with Gasteiger partial charge in [0.2, 0.25) is 0 Å². The van der Waals surface area contributed by atoms with Gasteiger partial charge in [-0.1, -0.05) is 23.7 Å². The van der Waals surface area contributed by atoms with E-state index in [-0.39, 0.29) is 5.91 Å². The molecule has 0 aliphatic carbocycles. The Balaban J connectivity index is 1.81. The topological polar surface area (TPSA) is 63.1 Å². The third kappa shape index (κ3) is 3.45. The number of nitrogens with zero attached hydrogens (tertiary/aromatic N) is 1. The molecule has 0 unspecified atom stereocenters. The summed E-state index contributed by atoms with van der Waals surface area (Å²) in [7, 11) is 0. The Morgan fingerprint density at radius 1 is 1.00 bits per heavy atom. The van der Waals surface area contributed by atoms with E-state index in [0.717, 1.165) is 15.4 Å². The lowest BCUT2D eigenvalue weighted by molar-refractivity contribution is 0.0846. The average Bonchev–Trinajstić information content (AvgIpc) is 3.22. The van der Waals surface area contributed by atoms with Crippen LogP contribution in [0, 0.1) is 13.8 Å². The van der Waals surface area contributed by atoms with Gasteiger partial charge in [-0.3, -0.25) is 20.4 Å². The molecule has 7 heteroatoms. The van der Waals surface area contributed by atoms with E-state index in [9.17, 15) is 9.59 Å². The van der Waals surface area contributed by atoms with Gasteiger partial charge >= 0.3 is 0 Å². The molecular formula is C18H16ClN3O2S. The van der Waals surface area contributed by atoms with Crippen molar-refractivity contribution in [2.24, 2.45) is 0 Å². The molecule has 5 nitrogen and oxygen atoms in total. The molecule has 0 bridgehead atoms. The van der Waals surface area contributed by atoms with Gasteiger partial charge in [0.25, 0.3) is 11.8 Å². The summed E-state index contributed by atoms with van der Waals surface area (Å²) >= 11 is 7.53. The predicted octanol–water partition coefficient (Wildman–Crippen LogP) is 3.88. The van der Waals surface area contributed by atoms with Crippen molar-refractivity contribution in [2.75, 3.05) is 0 Å². The number of nitrogens with one attached hydrogen (secondary N) is 2. The van der Waals surface area contributed by atoms with Crippen molar-refractivity contribution in [3.8, 4) is 5.00 Å². The maximum Gasteiger partial charge on any atom is 0.272 e. The molecule has 0 aliphatic rings. The van der Waals surface area contributed by atoms with E-state index in [1.165, 1.54) is 11.3 Å². The number of hydrazine groups is 1. The molecule has 2 amide bonds. The van der Waals surface area contributed by atoms with Gasteiger partial charge in [0.1, 0.15) is 5.00 Å². The predicted molar refractivity (Wildman–Crippen MR) is 99.5 cm³/mol. The van der Waals surface area contributed by atoms with Gasteiger partial charge in [-0.05, 0) is 43.7 Å². The Morgan fingerprint density at radius 2 is 1.64 bits per heavy atom. The fourth-order valence-electron chi connectivity index (χ4n) is 2.42. The number of amides is 2. The van der Waals surface area contributed by atoms with Crippen LogP contribution in [0.25, 0.3) is 5.00 Å². The molecule has 2 N–H and O–H groups in total. The summed E-state index contributed by atoms with van der Waals surface area (Å²) in [6, 6.07) is 10.4. The maximum atomic E-state index is 12.7. The van der Waals surface area contributed by atoms with Crippen molar-refractivity contribution in [1.29, 1.82) is 0 Å². The van der Waals surface area contributed by atoms with Crippen LogP contribution in [0.5, 0.6) is 0 Å². The van der Waals surface area contributed by atoms with Crippen LogP contribution in [0.15, 0.2) is 48.8 Å². The number of hydrogen-bond acceptors (Lipinski definition) is 3. The maximum absolute atomic E-state index is 12.7. The van der Waals surface area contributed by atoms with E-state index in [4.69, 9.17) is 11.6 Å². The zero-order valence-corrected chi connectivity index (χ0v) is 15.2. The first-order chi connectivity index (χ1) is 12.0. The molecule has 2 heterocycles. The highest BCUT2D eigenvalue weighted by Gasteiger charge is 2.21. The van der Waals surface area contributed by atoms with Crippen molar-refractivity contribution < 1.29 is 9.59 Å². The largest absolute Gasteiger partial charge is 0.315 e. The average molecular weight is 374 g/mol. The minimum atomic E-state index is -0.467. The molecule has 3 aromatic rings. The molecule has 1 aromatic carbocycles. The van der Waals surface area contributed by atoms with E-state index in [1.54, 1.807) is 24.3 Å². The number of carbonyl (C=O) groups excluding carboxylic acids is 2. The van der Waals surface area contributed by atoms with Gasteiger partial charge in [-0.2, -0.15) is 0 Å². The van der Waals surface area contributed by atoms with E-state index in [0.29, 0.717) is 16.1 Å². The van der Waals surface area contributed by atoms with E-state index < -0.39 is 5.91 Å². The van der Waals surface area contributed by atoms with Gasteiger partial charge in [-0.25, -0.2) is 0 Å². The quantitative estimate of drug-likeness (QED) is 0.684. The summed E-state index contributed by atoms with van der Waals surface area (Å²) in [5, 5.41) is 1.13. The summed E-state index contributed by atoms with van der Waals surface area (Å²) in [5.41, 5.74) is 6.62. The Labute approximate surface area is 154 Å². The van der Waals surface area contributed by atoms with Crippen molar-refractivity contribution in [3.63, 3.8) is 0 Å². The van der Waals surface area contributed by atoms with Crippen LogP contribution >= 0.6 is 22.9 Å². The first kappa shape index (κ1) is 17.3. The molecule has 0 spiro atoms. The van der Waals surface area contributed by atoms with Crippen molar-refractivity contribution in [2.45, 2.75) is 13.8 Å². The standard InChI is InChI=1S/C18H16ClN3O2S/c1-11-12(2)25-18(22-9-5-6-10-22)15(11)17(24)21-20-16(23)13-7-3-4-8-14(13)19/h3-10H,1-2H3,(H,20,23)(H,21,24). The first-order valence-corrected chi connectivity index (χ1v) is 8.77. The minimum Gasteiger partial charge on any atom is -0.315 e. The third-order valence-corrected chi connectivity index (χ3v) is 5.39. The molecule has 0 radical (unpaired) electrons. The Kier molecular flexibility index (Phi) is 4.92. The molecule has 25 heavy (non-hydrogen) atoms. The second kappa shape index (κ2) is 7.13. The summed E-state index contributed by atoms with van der Waals surface area (Å²) in [4.78, 5) is 25.9. The minimum absolute atomic E-state index is 0.299. The monoisotopic (exact) mass is 373 g/mol. The van der Waals surface area contributed by atoms with Crippen LogP contribution < -0.4 is 10.9 Å². The number of hydrogen-bond donors (Lipinski definition) is 2. The highest BCUT2D eigenvalue weighted by Crippen LogP contribution is 2.30. The van der Waals surface area contributed by atoms with E-state index in [1.807, 2.05) is 42.9 Å². The van der Waals surface area contributed by atoms with Gasteiger partial charge in [0.15, 0.2) is 0 Å². The van der Waals surface area contributed by atoms with Crippen molar-refractivity contribution in [3.05, 3.63) is 75.4 Å². The lowest BCUT2D eigenvalue weighted by Gasteiger charge is -2.10. The lowest BCUT2D eigenvalue weighted by Crippen LogP contribution is -2.42. The highest BCUT2D eigenvalue weighted by atomic mass is 35.5. The fourth-order valence-corrected chi connectivity index (χ4v) is 3.76. The number of carbonyl (C=O) groups is 2. The van der Waals surface area contributed by atoms with Gasteiger partial charge in [0, 0.05) is 17.3 Å². The summed E-state index contributed by atoms with van der Waals surface area (Å²) in [5.74, 6) is -0.836. The van der Waals surface area contributed by atoms with Crippen LogP contribution in [0.1, 0.15) is 31.2 Å². The molecule has 2 aromatic heterocycles. The summed E-state index contributed by atoms with van der Waals surface area (Å²) < 4.78 is 1.88. The summed E-state index contributed by atoms with van der Waals surface area (Å²) in [6.45, 7) is 3.86. The molecule has 0 fully saturated rings. The first-order valence-electron chi connectivity index (χ1n) is 7.57. The fraction of sp³-hybridized carbons (Fsp3) is 0.111. The number of thiophene rings is 1. The van der Waals surface area contributed by atoms with Crippen molar-refractivity contribution >= 4 is 34.8 Å². The number of aromatic nitrogens is 1. The molecule has 0 atom stereocenters. The molecular weight excluding hydrogens is 358 g/mol. The SMILES string of the molecule is Cc1sc(-n2cccc2)c(C(=O)NNC(=O)c2ccccc2Cl)c1C. The molecule has 0 aliphatic heterocycles. The Morgan fingerprint density at radius 3 is 2.32 bits per heavy atom. The zero-order valence-electron chi connectivity index (χ0n) is 13.7. The zero-order chi connectivity index (χ0) is 18.0. The molecule has 0 saturated carbocycles. The molecule has 128 valence electrons. The molecule has 0 saturated heterocycles. The molecule has 3 rings (SSSR count). The van der Waals surface area contributed by atoms with Gasteiger partial charge in [-0.15, -0.1) is 11.3 Å². The van der Waals surface area contributed by atoms with Gasteiger partial charge in [0.05, 0.1) is 16.1 Å².